The molecule has 7 atom stereocenters. The van der Waals surface area contributed by atoms with Gasteiger partial charge in [0, 0.05) is 0 Å². The van der Waals surface area contributed by atoms with E-state index in [1.165, 1.54) is 63.4 Å². The fraction of sp³-hybridized carbons (Fsp3) is 0.952. The molecule has 0 aliphatic heterocycles. The quantitative estimate of drug-likeness (QED) is 0.267. The average Bonchev–Trinajstić information content (AvgIpc) is 3.50. The lowest BCUT2D eigenvalue weighted by Gasteiger charge is -2.63. The predicted octanol–water partition coefficient (Wildman–Crippen LogP) is 16.1. The molecule has 3 aliphatic rings. The molecule has 3 fully saturated rings. The standard InChI is InChI=1S/C28H50.7C2H6/c1-10-26(7,8)23-12-13-24-22(23)11-14-25-27(24,9)17-16-21(6)28(25,20(4)5)18-15-19(2)3;7*1-2/h19,21-25H,4,10-18H2,1-3,5-9H3;7*1-2H3. The molecular weight excluding hydrogens is 504 g/mol. The van der Waals surface area contributed by atoms with Crippen LogP contribution in [0.4, 0.5) is 0 Å². The molecule has 3 aliphatic carbocycles. The smallest absolute Gasteiger partial charge is 0.00343 e. The summed E-state index contributed by atoms with van der Waals surface area (Å²) >= 11 is 0. The summed E-state index contributed by atoms with van der Waals surface area (Å²) in [6, 6.07) is 0. The fourth-order valence-electron chi connectivity index (χ4n) is 8.68. The molecule has 0 aromatic heterocycles. The van der Waals surface area contributed by atoms with Crippen LogP contribution in [0.3, 0.4) is 0 Å². The molecule has 0 heteroatoms. The second kappa shape index (κ2) is 28.2. The van der Waals surface area contributed by atoms with Gasteiger partial charge in [-0.05, 0) is 104 Å². The molecule has 0 amide bonds. The van der Waals surface area contributed by atoms with Gasteiger partial charge in [0.1, 0.15) is 0 Å². The third kappa shape index (κ3) is 12.6. The molecule has 0 nitrogen and oxygen atoms in total. The summed E-state index contributed by atoms with van der Waals surface area (Å²) in [6.07, 6.45) is 12.9. The van der Waals surface area contributed by atoms with E-state index in [1.54, 1.807) is 0 Å². The predicted molar refractivity (Wildman–Crippen MR) is 204 cm³/mol. The van der Waals surface area contributed by atoms with E-state index < -0.39 is 0 Å². The summed E-state index contributed by atoms with van der Waals surface area (Å²) in [6.45, 7) is 52.7. The Labute approximate surface area is 273 Å². The Morgan fingerprint density at radius 2 is 1.21 bits per heavy atom. The largest absolute Gasteiger partial charge is 0.0996 e. The fourth-order valence-corrected chi connectivity index (χ4v) is 8.68. The Bertz CT molecular complexity index is 569. The van der Waals surface area contributed by atoms with Crippen molar-refractivity contribution in [3.8, 4) is 0 Å². The lowest BCUT2D eigenvalue weighted by atomic mass is 9.41. The highest BCUT2D eigenvalue weighted by Gasteiger charge is 2.62. The van der Waals surface area contributed by atoms with Gasteiger partial charge in [0.15, 0.2) is 0 Å². The molecule has 0 N–H and O–H groups in total. The van der Waals surface area contributed by atoms with Crippen molar-refractivity contribution in [1.82, 2.24) is 0 Å². The van der Waals surface area contributed by atoms with Crippen molar-refractivity contribution in [3.63, 3.8) is 0 Å². The first-order chi connectivity index (χ1) is 20.0. The van der Waals surface area contributed by atoms with Crippen molar-refractivity contribution in [2.24, 2.45) is 51.8 Å². The van der Waals surface area contributed by atoms with E-state index in [0.717, 1.165) is 35.5 Å². The zero-order valence-corrected chi connectivity index (χ0v) is 34.5. The van der Waals surface area contributed by atoms with Crippen molar-refractivity contribution in [2.75, 3.05) is 0 Å². The van der Waals surface area contributed by atoms with Gasteiger partial charge in [-0.15, -0.1) is 0 Å². The van der Waals surface area contributed by atoms with E-state index in [-0.39, 0.29) is 0 Å². The summed E-state index contributed by atoms with van der Waals surface area (Å²) in [5, 5.41) is 0. The highest BCUT2D eigenvalue weighted by Crippen LogP contribution is 2.70. The maximum atomic E-state index is 4.65. The molecule has 0 saturated heterocycles. The van der Waals surface area contributed by atoms with Crippen LogP contribution in [0.15, 0.2) is 12.2 Å². The second-order valence-corrected chi connectivity index (χ2v) is 12.6. The summed E-state index contributed by atoms with van der Waals surface area (Å²) in [5.41, 5.74) is 2.97. The van der Waals surface area contributed by atoms with Crippen molar-refractivity contribution < 1.29 is 0 Å². The van der Waals surface area contributed by atoms with Crippen molar-refractivity contribution in [3.05, 3.63) is 12.2 Å². The van der Waals surface area contributed by atoms with Crippen LogP contribution in [0.2, 0.25) is 0 Å². The van der Waals surface area contributed by atoms with E-state index in [9.17, 15) is 0 Å². The van der Waals surface area contributed by atoms with Gasteiger partial charge in [0.25, 0.3) is 0 Å². The number of allylic oxidation sites excluding steroid dienone is 1. The highest BCUT2D eigenvalue weighted by molar-refractivity contribution is 5.20. The number of rotatable bonds is 6. The van der Waals surface area contributed by atoms with Crippen LogP contribution >= 0.6 is 0 Å². The lowest BCUT2D eigenvalue weighted by molar-refractivity contribution is -0.124. The van der Waals surface area contributed by atoms with Crippen LogP contribution in [0.1, 0.15) is 210 Å². The molecule has 3 saturated carbocycles. The Morgan fingerprint density at radius 3 is 1.60 bits per heavy atom. The van der Waals surface area contributed by atoms with Gasteiger partial charge in [-0.1, -0.05) is 170 Å². The molecule has 0 bridgehead atoms. The molecule has 0 aromatic rings. The SMILES string of the molecule is C=C(C)C1(CCC(C)C)C(C)CCC2(C)C3CCC(C(C)(C)CC)C3CCC21.CC.CC.CC.CC.CC.CC.CC. The topological polar surface area (TPSA) is 0 Å². The van der Waals surface area contributed by atoms with Gasteiger partial charge < -0.3 is 0 Å². The number of hydrogen-bond donors (Lipinski definition) is 0. The molecule has 0 spiro atoms. The number of fused-ring (bicyclic) bond motifs is 3. The molecule has 7 unspecified atom stereocenters. The van der Waals surface area contributed by atoms with Crippen LogP contribution in [-0.4, -0.2) is 0 Å². The van der Waals surface area contributed by atoms with Crippen molar-refractivity contribution in [2.45, 2.75) is 210 Å². The molecule has 0 aromatic carbocycles. The third-order valence-electron chi connectivity index (χ3n) is 10.7. The maximum absolute atomic E-state index is 4.65. The van der Waals surface area contributed by atoms with Crippen molar-refractivity contribution >= 4 is 0 Å². The summed E-state index contributed by atoms with van der Waals surface area (Å²) in [7, 11) is 0. The van der Waals surface area contributed by atoms with Gasteiger partial charge in [0.2, 0.25) is 0 Å². The first-order valence-corrected chi connectivity index (χ1v) is 19.7. The minimum atomic E-state index is 0.389. The van der Waals surface area contributed by atoms with Gasteiger partial charge in [0.05, 0.1) is 0 Å². The van der Waals surface area contributed by atoms with Crippen LogP contribution in [0.25, 0.3) is 0 Å². The Morgan fingerprint density at radius 1 is 0.762 bits per heavy atom. The van der Waals surface area contributed by atoms with E-state index >= 15 is 0 Å². The van der Waals surface area contributed by atoms with Gasteiger partial charge in [-0.3, -0.25) is 0 Å². The second-order valence-electron chi connectivity index (χ2n) is 12.6. The first kappa shape index (κ1) is 51.3. The van der Waals surface area contributed by atoms with E-state index in [2.05, 4.69) is 62.0 Å². The zero-order valence-electron chi connectivity index (χ0n) is 34.5. The van der Waals surface area contributed by atoms with Crippen molar-refractivity contribution in [1.29, 1.82) is 0 Å². The maximum Gasteiger partial charge on any atom is -0.00343 e. The monoisotopic (exact) mass is 597 g/mol. The lowest BCUT2D eigenvalue weighted by Crippen LogP contribution is -2.56. The van der Waals surface area contributed by atoms with Crippen LogP contribution in [0, 0.1) is 51.8 Å². The van der Waals surface area contributed by atoms with E-state index in [4.69, 9.17) is 0 Å². The van der Waals surface area contributed by atoms with Crippen LogP contribution < -0.4 is 0 Å². The molecular formula is C42H92. The highest BCUT2D eigenvalue weighted by atomic mass is 14.7. The molecule has 3 rings (SSSR count). The molecule has 260 valence electrons. The molecule has 0 heterocycles. The normalized spacial score (nSPS) is 30.1. The van der Waals surface area contributed by atoms with Crippen LogP contribution in [0.5, 0.6) is 0 Å². The molecule has 0 radical (unpaired) electrons. The Balaban J connectivity index is -0.000000286. The zero-order chi connectivity index (χ0) is 34.9. The Hall–Kier alpha value is -0.260. The minimum absolute atomic E-state index is 0.389. The number of hydrogen-bond acceptors (Lipinski definition) is 0. The summed E-state index contributed by atoms with van der Waals surface area (Å²) < 4.78 is 0. The molecule has 42 heavy (non-hydrogen) atoms. The van der Waals surface area contributed by atoms with Gasteiger partial charge >= 0.3 is 0 Å². The summed E-state index contributed by atoms with van der Waals surface area (Å²) in [5.74, 6) is 5.38. The van der Waals surface area contributed by atoms with E-state index in [0.29, 0.717) is 16.2 Å². The third-order valence-corrected chi connectivity index (χ3v) is 10.7. The van der Waals surface area contributed by atoms with E-state index in [1.807, 2.05) is 96.9 Å². The Kier molecular flexibility index (Phi) is 34.5. The van der Waals surface area contributed by atoms with Gasteiger partial charge in [-0.2, -0.15) is 0 Å². The first-order valence-electron chi connectivity index (χ1n) is 19.7. The minimum Gasteiger partial charge on any atom is -0.0996 e. The van der Waals surface area contributed by atoms with Gasteiger partial charge in [-0.25, -0.2) is 0 Å². The van der Waals surface area contributed by atoms with Crippen LogP contribution in [-0.2, 0) is 0 Å². The summed E-state index contributed by atoms with van der Waals surface area (Å²) in [4.78, 5) is 0. The average molecular weight is 597 g/mol.